The summed E-state index contributed by atoms with van der Waals surface area (Å²) in [7, 11) is 0. The number of halogens is 3. The smallest absolute Gasteiger partial charge is 0.258 e. The number of hydrogen-bond acceptors (Lipinski definition) is 2. The summed E-state index contributed by atoms with van der Waals surface area (Å²) in [5.41, 5.74) is 0.601. The molecular weight excluding hydrogens is 341 g/mol. The number of nitro benzene ring substituents is 1. The molecule has 0 heterocycles. The maximum atomic E-state index is 11.0. The lowest BCUT2D eigenvalue weighted by molar-refractivity contribution is -0.385. The molecule has 0 bridgehead atoms. The minimum absolute atomic E-state index is 0.0000190. The molecule has 0 amide bonds. The maximum absolute atomic E-state index is 11.0. The van der Waals surface area contributed by atoms with Gasteiger partial charge in [0.25, 0.3) is 5.69 Å². The molecule has 0 aliphatic carbocycles. The highest BCUT2D eigenvalue weighted by Crippen LogP contribution is 2.35. The molecule has 0 fully saturated rings. The first-order valence-corrected chi connectivity index (χ1v) is 7.06. The SMILES string of the molecule is CC(C)(C)C(Br)Cc1cc(Cl)c(Cl)cc1[N+](=O)[O-]. The van der Waals surface area contributed by atoms with Crippen molar-refractivity contribution < 1.29 is 4.92 Å². The summed E-state index contributed by atoms with van der Waals surface area (Å²) in [6.45, 7) is 6.20. The monoisotopic (exact) mass is 353 g/mol. The standard InChI is InChI=1S/C12H14BrCl2NO2/c1-12(2,3)11(13)5-7-4-8(14)9(15)6-10(7)16(17)18/h4,6,11H,5H2,1-3H3. The lowest BCUT2D eigenvalue weighted by atomic mass is 9.88. The van der Waals surface area contributed by atoms with E-state index in [1.807, 2.05) is 0 Å². The van der Waals surface area contributed by atoms with Gasteiger partial charge in [0.15, 0.2) is 0 Å². The first-order chi connectivity index (χ1) is 8.12. The van der Waals surface area contributed by atoms with Gasteiger partial charge in [0.05, 0.1) is 15.0 Å². The Bertz CT molecular complexity index is 472. The summed E-state index contributed by atoms with van der Waals surface area (Å²) in [4.78, 5) is 10.7. The number of hydrogen-bond donors (Lipinski definition) is 0. The quantitative estimate of drug-likeness (QED) is 0.422. The highest BCUT2D eigenvalue weighted by atomic mass is 79.9. The Morgan fingerprint density at radius 1 is 1.33 bits per heavy atom. The molecule has 18 heavy (non-hydrogen) atoms. The van der Waals surface area contributed by atoms with Gasteiger partial charge in [0.1, 0.15) is 0 Å². The van der Waals surface area contributed by atoms with Crippen LogP contribution in [-0.4, -0.2) is 9.75 Å². The van der Waals surface area contributed by atoms with Gasteiger partial charge in [0, 0.05) is 16.5 Å². The predicted molar refractivity (Wildman–Crippen MR) is 79.0 cm³/mol. The van der Waals surface area contributed by atoms with Crippen molar-refractivity contribution in [2.24, 2.45) is 5.41 Å². The second-order valence-electron chi connectivity index (χ2n) is 5.19. The van der Waals surface area contributed by atoms with Crippen LogP contribution in [0.3, 0.4) is 0 Å². The van der Waals surface area contributed by atoms with Crippen LogP contribution in [0.15, 0.2) is 12.1 Å². The zero-order valence-electron chi connectivity index (χ0n) is 10.3. The molecule has 0 aliphatic rings. The van der Waals surface area contributed by atoms with Gasteiger partial charge in [-0.05, 0) is 17.9 Å². The topological polar surface area (TPSA) is 43.1 Å². The molecule has 0 aromatic heterocycles. The number of benzene rings is 1. The highest BCUT2D eigenvalue weighted by molar-refractivity contribution is 9.09. The zero-order chi connectivity index (χ0) is 14.1. The summed E-state index contributed by atoms with van der Waals surface area (Å²) in [5, 5.41) is 11.5. The number of nitro groups is 1. The van der Waals surface area contributed by atoms with Crippen LogP contribution in [0.5, 0.6) is 0 Å². The summed E-state index contributed by atoms with van der Waals surface area (Å²) < 4.78 is 0. The molecule has 0 radical (unpaired) electrons. The second-order valence-corrected chi connectivity index (χ2v) is 7.11. The van der Waals surface area contributed by atoms with Crippen LogP contribution in [0.25, 0.3) is 0 Å². The van der Waals surface area contributed by atoms with E-state index < -0.39 is 4.92 Å². The van der Waals surface area contributed by atoms with Crippen LogP contribution in [0.2, 0.25) is 10.0 Å². The molecule has 1 aromatic carbocycles. The van der Waals surface area contributed by atoms with Crippen molar-refractivity contribution in [2.45, 2.75) is 32.0 Å². The van der Waals surface area contributed by atoms with Gasteiger partial charge in [0.2, 0.25) is 0 Å². The van der Waals surface area contributed by atoms with Gasteiger partial charge in [-0.3, -0.25) is 10.1 Å². The van der Waals surface area contributed by atoms with Crippen molar-refractivity contribution in [3.05, 3.63) is 37.9 Å². The Labute approximate surface area is 125 Å². The zero-order valence-corrected chi connectivity index (χ0v) is 13.4. The first-order valence-electron chi connectivity index (χ1n) is 5.39. The van der Waals surface area contributed by atoms with Gasteiger partial charge in [-0.15, -0.1) is 0 Å². The van der Waals surface area contributed by atoms with E-state index in [0.717, 1.165) is 0 Å². The Balaban J connectivity index is 3.15. The van der Waals surface area contributed by atoms with Gasteiger partial charge in [-0.25, -0.2) is 0 Å². The largest absolute Gasteiger partial charge is 0.274 e. The van der Waals surface area contributed by atoms with E-state index in [4.69, 9.17) is 23.2 Å². The molecule has 1 aromatic rings. The fourth-order valence-electron chi connectivity index (χ4n) is 1.41. The molecule has 0 aliphatic heterocycles. The second kappa shape index (κ2) is 5.76. The first kappa shape index (κ1) is 15.7. The summed E-state index contributed by atoms with van der Waals surface area (Å²) >= 11 is 15.3. The molecular formula is C12H14BrCl2NO2. The van der Waals surface area contributed by atoms with Gasteiger partial charge < -0.3 is 0 Å². The van der Waals surface area contributed by atoms with E-state index in [1.165, 1.54) is 6.07 Å². The van der Waals surface area contributed by atoms with E-state index in [0.29, 0.717) is 17.0 Å². The van der Waals surface area contributed by atoms with E-state index in [1.54, 1.807) is 6.07 Å². The van der Waals surface area contributed by atoms with Gasteiger partial charge >= 0.3 is 0 Å². The Hall–Kier alpha value is -0.320. The van der Waals surface area contributed by atoms with E-state index in [9.17, 15) is 10.1 Å². The molecule has 1 atom stereocenters. The molecule has 1 rings (SSSR count). The normalized spacial score (nSPS) is 13.4. The van der Waals surface area contributed by atoms with Gasteiger partial charge in [-0.1, -0.05) is 59.9 Å². The summed E-state index contributed by atoms with van der Waals surface area (Å²) in [6.07, 6.45) is 0.525. The Morgan fingerprint density at radius 3 is 2.28 bits per heavy atom. The van der Waals surface area contributed by atoms with Crippen molar-refractivity contribution in [1.29, 1.82) is 0 Å². The van der Waals surface area contributed by atoms with Crippen LogP contribution in [-0.2, 0) is 6.42 Å². The summed E-state index contributed by atoms with van der Waals surface area (Å²) in [5.74, 6) is 0. The highest BCUT2D eigenvalue weighted by Gasteiger charge is 2.26. The third-order valence-electron chi connectivity index (χ3n) is 2.66. The molecule has 100 valence electrons. The van der Waals surface area contributed by atoms with Crippen molar-refractivity contribution in [1.82, 2.24) is 0 Å². The van der Waals surface area contributed by atoms with Crippen molar-refractivity contribution in [3.63, 3.8) is 0 Å². The van der Waals surface area contributed by atoms with Crippen molar-refractivity contribution >= 4 is 44.8 Å². The molecule has 0 spiro atoms. The fourth-order valence-corrected chi connectivity index (χ4v) is 2.10. The third-order valence-corrected chi connectivity index (χ3v) is 5.08. The molecule has 0 saturated carbocycles. The number of rotatable bonds is 3. The van der Waals surface area contributed by atoms with Crippen LogP contribution in [0.4, 0.5) is 5.69 Å². The lowest BCUT2D eigenvalue weighted by Gasteiger charge is -2.25. The molecule has 3 nitrogen and oxygen atoms in total. The predicted octanol–water partition coefficient (Wildman–Crippen LogP) is 5.25. The number of alkyl halides is 1. The minimum atomic E-state index is -0.431. The average molecular weight is 355 g/mol. The molecule has 0 N–H and O–H groups in total. The Kier molecular flexibility index (Phi) is 5.04. The van der Waals surface area contributed by atoms with Crippen LogP contribution < -0.4 is 0 Å². The minimum Gasteiger partial charge on any atom is -0.258 e. The van der Waals surface area contributed by atoms with Gasteiger partial charge in [-0.2, -0.15) is 0 Å². The maximum Gasteiger partial charge on any atom is 0.274 e. The summed E-state index contributed by atoms with van der Waals surface area (Å²) in [6, 6.07) is 2.88. The van der Waals surface area contributed by atoms with E-state index >= 15 is 0 Å². The molecule has 0 saturated heterocycles. The third kappa shape index (κ3) is 3.84. The average Bonchev–Trinajstić information content (AvgIpc) is 2.21. The van der Waals surface area contributed by atoms with Crippen LogP contribution in [0.1, 0.15) is 26.3 Å². The molecule has 6 heteroatoms. The number of nitrogens with zero attached hydrogens (tertiary/aromatic N) is 1. The van der Waals surface area contributed by atoms with Crippen LogP contribution in [0, 0.1) is 15.5 Å². The van der Waals surface area contributed by atoms with Crippen molar-refractivity contribution in [3.8, 4) is 0 Å². The lowest BCUT2D eigenvalue weighted by Crippen LogP contribution is -2.22. The van der Waals surface area contributed by atoms with Crippen molar-refractivity contribution in [2.75, 3.05) is 0 Å². The molecule has 1 unspecified atom stereocenters. The Morgan fingerprint density at radius 2 is 1.83 bits per heavy atom. The van der Waals surface area contributed by atoms with E-state index in [2.05, 4.69) is 36.7 Å². The fraction of sp³-hybridized carbons (Fsp3) is 0.500. The van der Waals surface area contributed by atoms with Crippen LogP contribution >= 0.6 is 39.1 Å². The van der Waals surface area contributed by atoms with E-state index in [-0.39, 0.29) is 21.0 Å².